The minimum absolute atomic E-state index is 0.0395. The van der Waals surface area contributed by atoms with E-state index in [1.165, 1.54) is 6.92 Å². The molecule has 0 aromatic carbocycles. The molecule has 0 fully saturated rings. The molecular formula is C10H16N2O3. The normalized spacial score (nSPS) is 13.1. The summed E-state index contributed by atoms with van der Waals surface area (Å²) in [6, 6.07) is 0. The lowest BCUT2D eigenvalue weighted by atomic mass is 9.92. The molecule has 0 spiro atoms. The molecule has 1 rings (SSSR count). The molecule has 15 heavy (non-hydrogen) atoms. The summed E-state index contributed by atoms with van der Waals surface area (Å²) in [6.45, 7) is 5.73. The van der Waals surface area contributed by atoms with Crippen LogP contribution in [0.25, 0.3) is 0 Å². The van der Waals surface area contributed by atoms with Crippen molar-refractivity contribution in [2.24, 2.45) is 5.92 Å². The van der Waals surface area contributed by atoms with Gasteiger partial charge in [-0.15, -0.1) is 0 Å². The molecule has 84 valence electrons. The first kappa shape index (κ1) is 11.8. The van der Waals surface area contributed by atoms with E-state index < -0.39 is 0 Å². The van der Waals surface area contributed by atoms with Gasteiger partial charge in [-0.3, -0.25) is 4.79 Å². The Bertz CT molecular complexity index is 333. The van der Waals surface area contributed by atoms with E-state index in [4.69, 9.17) is 9.26 Å². The number of ketones is 1. The molecule has 5 heteroatoms. The minimum atomic E-state index is -0.317. The van der Waals surface area contributed by atoms with Crippen LogP contribution in [0.2, 0.25) is 0 Å². The molecule has 0 bridgehead atoms. The highest BCUT2D eigenvalue weighted by molar-refractivity contribution is 5.82. The Morgan fingerprint density at radius 3 is 2.67 bits per heavy atom. The van der Waals surface area contributed by atoms with E-state index in [2.05, 4.69) is 10.1 Å². The highest BCUT2D eigenvalue weighted by Crippen LogP contribution is 2.23. The first-order chi connectivity index (χ1) is 7.06. The summed E-state index contributed by atoms with van der Waals surface area (Å²) in [4.78, 5) is 15.5. The van der Waals surface area contributed by atoms with Crippen LogP contribution in [0.5, 0.6) is 0 Å². The van der Waals surface area contributed by atoms with Crippen molar-refractivity contribution in [1.82, 2.24) is 10.1 Å². The molecule has 0 N–H and O–H groups in total. The number of methoxy groups -OCH3 is 1. The molecule has 0 amide bonds. The maximum atomic E-state index is 11.4. The van der Waals surface area contributed by atoms with Crippen LogP contribution in [0.15, 0.2) is 4.52 Å². The van der Waals surface area contributed by atoms with Crippen LogP contribution in [0.3, 0.4) is 0 Å². The number of carbonyl (C=O) groups excluding carboxylic acids is 1. The van der Waals surface area contributed by atoms with Gasteiger partial charge in [0.25, 0.3) is 0 Å². The molecule has 1 aromatic heterocycles. The smallest absolute Gasteiger partial charge is 0.237 e. The van der Waals surface area contributed by atoms with Crippen molar-refractivity contribution in [2.75, 3.05) is 7.11 Å². The van der Waals surface area contributed by atoms with Gasteiger partial charge in [-0.25, -0.2) is 0 Å². The summed E-state index contributed by atoms with van der Waals surface area (Å²) >= 11 is 0. The van der Waals surface area contributed by atoms with Crippen LogP contribution in [0.4, 0.5) is 0 Å². The van der Waals surface area contributed by atoms with Crippen molar-refractivity contribution < 1.29 is 14.1 Å². The fraction of sp³-hybridized carbons (Fsp3) is 0.700. The van der Waals surface area contributed by atoms with Crippen LogP contribution in [-0.4, -0.2) is 23.0 Å². The summed E-state index contributed by atoms with van der Waals surface area (Å²) in [7, 11) is 1.56. The summed E-state index contributed by atoms with van der Waals surface area (Å²) in [5.74, 6) is 0.725. The number of nitrogens with zero attached hydrogens (tertiary/aromatic N) is 2. The van der Waals surface area contributed by atoms with E-state index in [0.29, 0.717) is 18.3 Å². The van der Waals surface area contributed by atoms with Crippen LogP contribution in [-0.2, 0) is 16.1 Å². The van der Waals surface area contributed by atoms with Gasteiger partial charge < -0.3 is 9.26 Å². The summed E-state index contributed by atoms with van der Waals surface area (Å²) < 4.78 is 9.91. The molecule has 0 aliphatic heterocycles. The second-order valence-corrected chi connectivity index (χ2v) is 3.81. The van der Waals surface area contributed by atoms with E-state index in [-0.39, 0.29) is 17.6 Å². The fourth-order valence-electron chi connectivity index (χ4n) is 1.51. The average Bonchev–Trinajstić information content (AvgIpc) is 2.52. The topological polar surface area (TPSA) is 65.2 Å². The van der Waals surface area contributed by atoms with Crippen LogP contribution in [0.1, 0.15) is 38.4 Å². The molecule has 1 unspecified atom stereocenters. The molecular weight excluding hydrogens is 196 g/mol. The Balaban J connectivity index is 2.87. The van der Waals surface area contributed by atoms with Gasteiger partial charge >= 0.3 is 0 Å². The van der Waals surface area contributed by atoms with Gasteiger partial charge in [0.15, 0.2) is 5.82 Å². The van der Waals surface area contributed by atoms with Crippen molar-refractivity contribution in [2.45, 2.75) is 33.3 Å². The first-order valence-electron chi connectivity index (χ1n) is 4.88. The van der Waals surface area contributed by atoms with E-state index in [0.717, 1.165) is 0 Å². The number of hydrogen-bond acceptors (Lipinski definition) is 5. The van der Waals surface area contributed by atoms with E-state index in [1.54, 1.807) is 7.11 Å². The van der Waals surface area contributed by atoms with Gasteiger partial charge in [0.2, 0.25) is 5.89 Å². The van der Waals surface area contributed by atoms with Crippen molar-refractivity contribution >= 4 is 5.78 Å². The Morgan fingerprint density at radius 2 is 2.20 bits per heavy atom. The lowest BCUT2D eigenvalue weighted by molar-refractivity contribution is -0.119. The predicted molar refractivity (Wildman–Crippen MR) is 53.3 cm³/mol. The predicted octanol–water partition coefficient (Wildman–Crippen LogP) is 1.54. The third-order valence-electron chi connectivity index (χ3n) is 2.13. The second kappa shape index (κ2) is 5.02. The molecule has 0 aliphatic rings. The Kier molecular flexibility index (Phi) is 3.96. The van der Waals surface area contributed by atoms with Gasteiger partial charge in [-0.05, 0) is 12.8 Å². The standard InChI is InChI=1S/C10H16N2O3/c1-6(2)9(7(3)13)10-11-8(5-14-4)12-15-10/h6,9H,5H2,1-4H3. The van der Waals surface area contributed by atoms with Gasteiger partial charge in [-0.1, -0.05) is 19.0 Å². The number of Topliss-reactive ketones (excluding diaryl/α,β-unsaturated/α-hetero) is 1. The quantitative estimate of drug-likeness (QED) is 0.740. The number of hydrogen-bond donors (Lipinski definition) is 0. The Labute approximate surface area is 88.8 Å². The van der Waals surface area contributed by atoms with Crippen molar-refractivity contribution in [1.29, 1.82) is 0 Å². The molecule has 1 aromatic rings. The number of aromatic nitrogens is 2. The van der Waals surface area contributed by atoms with Crippen molar-refractivity contribution in [3.63, 3.8) is 0 Å². The number of rotatable bonds is 5. The minimum Gasteiger partial charge on any atom is -0.377 e. The van der Waals surface area contributed by atoms with Crippen LogP contribution >= 0.6 is 0 Å². The first-order valence-corrected chi connectivity index (χ1v) is 4.88. The third-order valence-corrected chi connectivity index (χ3v) is 2.13. The van der Waals surface area contributed by atoms with Gasteiger partial charge in [0.1, 0.15) is 12.4 Å². The van der Waals surface area contributed by atoms with Gasteiger partial charge in [-0.2, -0.15) is 4.98 Å². The molecule has 5 nitrogen and oxygen atoms in total. The molecule has 1 heterocycles. The second-order valence-electron chi connectivity index (χ2n) is 3.81. The third kappa shape index (κ3) is 2.86. The Hall–Kier alpha value is -1.23. The lowest BCUT2D eigenvalue weighted by Crippen LogP contribution is -2.15. The zero-order valence-electron chi connectivity index (χ0n) is 9.48. The fourth-order valence-corrected chi connectivity index (χ4v) is 1.51. The van der Waals surface area contributed by atoms with Gasteiger partial charge in [0, 0.05) is 7.11 Å². The SMILES string of the molecule is COCc1noc(C(C(C)=O)C(C)C)n1. The maximum Gasteiger partial charge on any atom is 0.237 e. The van der Waals surface area contributed by atoms with E-state index >= 15 is 0 Å². The Morgan fingerprint density at radius 1 is 1.53 bits per heavy atom. The van der Waals surface area contributed by atoms with Crippen LogP contribution in [0, 0.1) is 5.92 Å². The molecule has 0 aliphatic carbocycles. The monoisotopic (exact) mass is 212 g/mol. The zero-order chi connectivity index (χ0) is 11.4. The van der Waals surface area contributed by atoms with Crippen molar-refractivity contribution in [3.8, 4) is 0 Å². The van der Waals surface area contributed by atoms with Crippen molar-refractivity contribution in [3.05, 3.63) is 11.7 Å². The van der Waals surface area contributed by atoms with E-state index in [1.807, 2.05) is 13.8 Å². The molecule has 0 saturated carbocycles. The molecule has 1 atom stereocenters. The largest absolute Gasteiger partial charge is 0.377 e. The van der Waals surface area contributed by atoms with Gasteiger partial charge in [0.05, 0.1) is 5.92 Å². The summed E-state index contributed by atoms with van der Waals surface area (Å²) in [6.07, 6.45) is 0. The molecule has 0 radical (unpaired) electrons. The highest BCUT2D eigenvalue weighted by Gasteiger charge is 2.26. The maximum absolute atomic E-state index is 11.4. The highest BCUT2D eigenvalue weighted by atomic mass is 16.5. The number of ether oxygens (including phenoxy) is 1. The lowest BCUT2D eigenvalue weighted by Gasteiger charge is -2.12. The van der Waals surface area contributed by atoms with E-state index in [9.17, 15) is 4.79 Å². The zero-order valence-corrected chi connectivity index (χ0v) is 9.48. The summed E-state index contributed by atoms with van der Waals surface area (Å²) in [5, 5.41) is 3.73. The summed E-state index contributed by atoms with van der Waals surface area (Å²) in [5.41, 5.74) is 0. The number of carbonyl (C=O) groups is 1. The molecule has 0 saturated heterocycles. The van der Waals surface area contributed by atoms with Crippen LogP contribution < -0.4 is 0 Å². The average molecular weight is 212 g/mol.